The molecule has 0 heterocycles. The highest BCUT2D eigenvalue weighted by Gasteiger charge is 2.04. The Balaban J connectivity index is 1.84. The fourth-order valence-electron chi connectivity index (χ4n) is 1.76. The number of carbonyl (C=O) groups excluding carboxylic acids is 1. The first kappa shape index (κ1) is 17.7. The Morgan fingerprint density at radius 3 is 2.12 bits per heavy atom. The molecule has 5 nitrogen and oxygen atoms in total. The molecule has 0 aliphatic carbocycles. The summed E-state index contributed by atoms with van der Waals surface area (Å²) in [5.41, 5.74) is 2.47. The largest absolute Gasteiger partial charge is 0.480 e. The van der Waals surface area contributed by atoms with E-state index in [0.717, 1.165) is 16.7 Å². The molecule has 2 rings (SSSR count). The predicted molar refractivity (Wildman–Crippen MR) is 92.5 cm³/mol. The normalized spacial score (nSPS) is 8.96. The third-order valence-corrected chi connectivity index (χ3v) is 2.96. The fraction of sp³-hybridized carbons (Fsp3) is 0.100. The predicted octanol–water partition coefficient (Wildman–Crippen LogP) is 2.40. The first-order valence-electron chi connectivity index (χ1n) is 7.42. The molecule has 2 aromatic rings. The van der Waals surface area contributed by atoms with Crippen LogP contribution < -0.4 is 5.32 Å². The number of ether oxygens (including phenoxy) is 1. The van der Waals surface area contributed by atoms with Gasteiger partial charge in [-0.05, 0) is 41.7 Å². The van der Waals surface area contributed by atoms with Crippen molar-refractivity contribution in [3.05, 3.63) is 71.3 Å². The van der Waals surface area contributed by atoms with Gasteiger partial charge in [-0.2, -0.15) is 0 Å². The van der Waals surface area contributed by atoms with E-state index in [1.807, 2.05) is 30.3 Å². The zero-order valence-corrected chi connectivity index (χ0v) is 13.3. The van der Waals surface area contributed by atoms with Gasteiger partial charge in [-0.25, -0.2) is 4.79 Å². The maximum Gasteiger partial charge on any atom is 0.407 e. The van der Waals surface area contributed by atoms with E-state index < -0.39 is 18.6 Å². The molecule has 0 aromatic heterocycles. The summed E-state index contributed by atoms with van der Waals surface area (Å²) in [5, 5.41) is 10.6. The highest BCUT2D eigenvalue weighted by Crippen LogP contribution is 2.05. The molecule has 0 saturated carbocycles. The van der Waals surface area contributed by atoms with E-state index in [-0.39, 0.29) is 6.61 Å². The molecular formula is C20H15NO4. The summed E-state index contributed by atoms with van der Waals surface area (Å²) in [6.07, 6.45) is -0.776. The summed E-state index contributed by atoms with van der Waals surface area (Å²) in [5.74, 6) is 10.3. The number of carboxylic acid groups (broad SMARTS) is 1. The summed E-state index contributed by atoms with van der Waals surface area (Å²) in [4.78, 5) is 21.6. The van der Waals surface area contributed by atoms with Gasteiger partial charge in [-0.1, -0.05) is 42.2 Å². The van der Waals surface area contributed by atoms with E-state index in [4.69, 9.17) is 9.84 Å². The molecule has 0 saturated heterocycles. The van der Waals surface area contributed by atoms with Gasteiger partial charge in [0.1, 0.15) is 13.2 Å². The summed E-state index contributed by atoms with van der Waals surface area (Å²) < 4.78 is 4.89. The van der Waals surface area contributed by atoms with Crippen molar-refractivity contribution in [2.45, 2.75) is 6.61 Å². The zero-order chi connectivity index (χ0) is 17.9. The fourth-order valence-corrected chi connectivity index (χ4v) is 1.76. The Hall–Kier alpha value is -3.70. The molecule has 0 unspecified atom stereocenters. The van der Waals surface area contributed by atoms with Crippen molar-refractivity contribution in [2.75, 3.05) is 6.54 Å². The van der Waals surface area contributed by atoms with Crippen molar-refractivity contribution in [1.82, 2.24) is 5.32 Å². The first-order chi connectivity index (χ1) is 12.1. The number of carboxylic acids is 1. The lowest BCUT2D eigenvalue weighted by molar-refractivity contribution is -0.135. The third kappa shape index (κ3) is 6.94. The smallest absolute Gasteiger partial charge is 0.407 e. The molecule has 25 heavy (non-hydrogen) atoms. The topological polar surface area (TPSA) is 75.6 Å². The molecule has 0 spiro atoms. The van der Waals surface area contributed by atoms with Crippen LogP contribution in [-0.2, 0) is 16.1 Å². The molecule has 0 aliphatic heterocycles. The van der Waals surface area contributed by atoms with Gasteiger partial charge in [0.25, 0.3) is 0 Å². The highest BCUT2D eigenvalue weighted by molar-refractivity contribution is 5.76. The Labute approximate surface area is 145 Å². The second-order valence-electron chi connectivity index (χ2n) is 4.89. The third-order valence-electron chi connectivity index (χ3n) is 2.96. The van der Waals surface area contributed by atoms with E-state index in [0.29, 0.717) is 0 Å². The van der Waals surface area contributed by atoms with Crippen molar-refractivity contribution in [3.8, 4) is 23.7 Å². The maximum absolute atomic E-state index is 11.2. The number of benzene rings is 2. The Bertz CT molecular complexity index is 850. The number of alkyl carbamates (subject to hydrolysis) is 1. The van der Waals surface area contributed by atoms with Crippen molar-refractivity contribution in [2.24, 2.45) is 0 Å². The second-order valence-corrected chi connectivity index (χ2v) is 4.89. The average Bonchev–Trinajstić information content (AvgIpc) is 2.63. The Morgan fingerprint density at radius 1 is 0.920 bits per heavy atom. The van der Waals surface area contributed by atoms with Gasteiger partial charge in [0.05, 0.1) is 0 Å². The molecular weight excluding hydrogens is 318 g/mol. The van der Waals surface area contributed by atoms with E-state index in [9.17, 15) is 9.59 Å². The van der Waals surface area contributed by atoms with Crippen LogP contribution in [0.3, 0.4) is 0 Å². The van der Waals surface area contributed by atoms with Crippen LogP contribution in [0.4, 0.5) is 4.79 Å². The lowest BCUT2D eigenvalue weighted by Crippen LogP contribution is -2.29. The molecule has 2 aromatic carbocycles. The summed E-state index contributed by atoms with van der Waals surface area (Å²) >= 11 is 0. The number of aliphatic carboxylic acids is 1. The van der Waals surface area contributed by atoms with Gasteiger partial charge >= 0.3 is 12.1 Å². The summed E-state index contributed by atoms with van der Waals surface area (Å²) in [6.45, 7) is -0.426. The van der Waals surface area contributed by atoms with E-state index in [1.54, 1.807) is 24.3 Å². The zero-order valence-electron chi connectivity index (χ0n) is 13.3. The van der Waals surface area contributed by atoms with Crippen molar-refractivity contribution in [1.29, 1.82) is 0 Å². The van der Waals surface area contributed by atoms with E-state index >= 15 is 0 Å². The average molecular weight is 333 g/mol. The molecule has 0 radical (unpaired) electrons. The first-order valence-corrected chi connectivity index (χ1v) is 7.42. The molecule has 0 aliphatic rings. The van der Waals surface area contributed by atoms with E-state index in [1.165, 1.54) is 0 Å². The molecule has 5 heteroatoms. The monoisotopic (exact) mass is 333 g/mol. The highest BCUT2D eigenvalue weighted by atomic mass is 16.5. The quantitative estimate of drug-likeness (QED) is 0.843. The Kier molecular flexibility index (Phi) is 6.67. The van der Waals surface area contributed by atoms with Gasteiger partial charge in [-0.3, -0.25) is 4.79 Å². The van der Waals surface area contributed by atoms with Gasteiger partial charge in [0, 0.05) is 11.1 Å². The van der Waals surface area contributed by atoms with Crippen molar-refractivity contribution in [3.63, 3.8) is 0 Å². The maximum atomic E-state index is 11.2. The van der Waals surface area contributed by atoms with Gasteiger partial charge in [-0.15, -0.1) is 0 Å². The van der Waals surface area contributed by atoms with E-state index in [2.05, 4.69) is 29.0 Å². The molecule has 124 valence electrons. The number of nitrogens with one attached hydrogen (secondary N) is 1. The van der Waals surface area contributed by atoms with Crippen molar-refractivity contribution >= 4 is 12.1 Å². The minimum atomic E-state index is -1.13. The minimum absolute atomic E-state index is 0.0486. The van der Waals surface area contributed by atoms with Crippen LogP contribution in [0.2, 0.25) is 0 Å². The minimum Gasteiger partial charge on any atom is -0.480 e. The van der Waals surface area contributed by atoms with Crippen LogP contribution >= 0.6 is 0 Å². The number of hydrogen-bond acceptors (Lipinski definition) is 3. The van der Waals surface area contributed by atoms with Crippen LogP contribution in [0.15, 0.2) is 54.6 Å². The molecule has 1 amide bonds. The molecule has 0 fully saturated rings. The van der Waals surface area contributed by atoms with Crippen LogP contribution in [0.5, 0.6) is 0 Å². The number of amides is 1. The lowest BCUT2D eigenvalue weighted by atomic mass is 10.1. The second kappa shape index (κ2) is 9.44. The van der Waals surface area contributed by atoms with Crippen molar-refractivity contribution < 1.29 is 19.4 Å². The SMILES string of the molecule is O=C(O)CNC(=O)OCc1ccc(C#CC#Cc2ccccc2)cc1. The van der Waals surface area contributed by atoms with Crippen LogP contribution in [0, 0.1) is 23.7 Å². The van der Waals surface area contributed by atoms with Crippen LogP contribution in [0.1, 0.15) is 16.7 Å². The van der Waals surface area contributed by atoms with Gasteiger partial charge < -0.3 is 15.2 Å². The number of hydrogen-bond donors (Lipinski definition) is 2. The standard InChI is InChI=1S/C20H15NO4/c22-19(23)14-21-20(24)25-15-18-12-10-17(11-13-18)9-5-4-8-16-6-2-1-3-7-16/h1-3,6-7,10-13H,14-15H2,(H,21,24)(H,22,23). The van der Waals surface area contributed by atoms with Crippen LogP contribution in [-0.4, -0.2) is 23.7 Å². The molecule has 0 bridgehead atoms. The van der Waals surface area contributed by atoms with Crippen LogP contribution in [0.25, 0.3) is 0 Å². The summed E-state index contributed by atoms with van der Waals surface area (Å²) in [7, 11) is 0. The molecule has 2 N–H and O–H groups in total. The number of rotatable bonds is 4. The molecule has 0 atom stereocenters. The lowest BCUT2D eigenvalue weighted by Gasteiger charge is -2.05. The summed E-state index contributed by atoms with van der Waals surface area (Å²) in [6, 6.07) is 16.7. The van der Waals surface area contributed by atoms with Gasteiger partial charge in [0.2, 0.25) is 0 Å². The number of carbonyl (C=O) groups is 2. The Morgan fingerprint density at radius 2 is 1.52 bits per heavy atom. The van der Waals surface area contributed by atoms with Gasteiger partial charge in [0.15, 0.2) is 0 Å².